The van der Waals surface area contributed by atoms with Gasteiger partial charge >= 0.3 is 0 Å². The number of halogens is 1. The number of alkyl halides is 1. The summed E-state index contributed by atoms with van der Waals surface area (Å²) in [6.07, 6.45) is -0.555. The van der Waals surface area contributed by atoms with Gasteiger partial charge in [-0.2, -0.15) is 0 Å². The van der Waals surface area contributed by atoms with Crippen molar-refractivity contribution in [3.8, 4) is 0 Å². The van der Waals surface area contributed by atoms with Crippen LogP contribution in [-0.4, -0.2) is 5.11 Å². The van der Waals surface area contributed by atoms with E-state index in [1.165, 1.54) is 27.8 Å². The molecule has 0 bridgehead atoms. The third-order valence-corrected chi connectivity index (χ3v) is 5.28. The molecule has 0 aliphatic heterocycles. The number of aliphatic hydroxyl groups excluding tert-OH is 1. The molecule has 1 nitrogen and oxygen atoms in total. The summed E-state index contributed by atoms with van der Waals surface area (Å²) in [6.45, 7) is 12.6. The molecule has 0 saturated carbocycles. The first-order valence-electron chi connectivity index (χ1n) is 7.70. The van der Waals surface area contributed by atoms with E-state index in [4.69, 9.17) is 0 Å². The largest absolute Gasteiger partial charge is 0.387 e. The fraction of sp³-hybridized carbons (Fsp3) is 0.400. The topological polar surface area (TPSA) is 20.2 Å². The molecule has 0 heterocycles. The minimum atomic E-state index is -0.555. The SMILES string of the molecule is Cc1cc(C)c(C(O)C(Br)c2c(C)cc(C)cc2C)c(C)c1. The average Bonchev–Trinajstić information content (AvgIpc) is 2.35. The Morgan fingerprint density at radius 2 is 1.00 bits per heavy atom. The van der Waals surface area contributed by atoms with Crippen molar-refractivity contribution in [3.05, 3.63) is 68.8 Å². The molecule has 22 heavy (non-hydrogen) atoms. The quantitative estimate of drug-likeness (QED) is 0.695. The monoisotopic (exact) mass is 360 g/mol. The number of aliphatic hydroxyl groups is 1. The van der Waals surface area contributed by atoms with Crippen molar-refractivity contribution in [1.82, 2.24) is 0 Å². The van der Waals surface area contributed by atoms with Crippen LogP contribution in [0.1, 0.15) is 55.4 Å². The lowest BCUT2D eigenvalue weighted by Gasteiger charge is -2.25. The molecular weight excluding hydrogens is 336 g/mol. The first kappa shape index (κ1) is 17.2. The van der Waals surface area contributed by atoms with Gasteiger partial charge in [0.1, 0.15) is 0 Å². The Kier molecular flexibility index (Phi) is 5.14. The van der Waals surface area contributed by atoms with Gasteiger partial charge in [0.25, 0.3) is 0 Å². The summed E-state index contributed by atoms with van der Waals surface area (Å²) in [6, 6.07) is 8.64. The predicted molar refractivity (Wildman–Crippen MR) is 97.9 cm³/mol. The second kappa shape index (κ2) is 6.55. The Morgan fingerprint density at radius 1 is 0.682 bits per heavy atom. The van der Waals surface area contributed by atoms with Crippen LogP contribution in [-0.2, 0) is 0 Å². The Morgan fingerprint density at radius 3 is 1.36 bits per heavy atom. The summed E-state index contributed by atoms with van der Waals surface area (Å²) in [5.74, 6) is 0. The lowest BCUT2D eigenvalue weighted by Crippen LogP contribution is -2.11. The molecule has 0 saturated heterocycles. The maximum Gasteiger partial charge on any atom is 0.0961 e. The molecule has 0 aliphatic carbocycles. The molecule has 2 aromatic rings. The van der Waals surface area contributed by atoms with Gasteiger partial charge in [-0.25, -0.2) is 0 Å². The average molecular weight is 361 g/mol. The van der Waals surface area contributed by atoms with Crippen LogP contribution in [0, 0.1) is 41.5 Å². The van der Waals surface area contributed by atoms with Crippen molar-refractivity contribution in [1.29, 1.82) is 0 Å². The van der Waals surface area contributed by atoms with Crippen LogP contribution >= 0.6 is 15.9 Å². The maximum atomic E-state index is 11.0. The number of hydrogen-bond acceptors (Lipinski definition) is 1. The Hall–Kier alpha value is -1.12. The Balaban J connectivity index is 2.49. The highest BCUT2D eigenvalue weighted by Gasteiger charge is 2.25. The van der Waals surface area contributed by atoms with Gasteiger partial charge in [-0.3, -0.25) is 0 Å². The fourth-order valence-corrected chi connectivity index (χ4v) is 4.57. The smallest absolute Gasteiger partial charge is 0.0961 e. The minimum absolute atomic E-state index is 0.104. The van der Waals surface area contributed by atoms with Gasteiger partial charge in [-0.05, 0) is 74.9 Å². The minimum Gasteiger partial charge on any atom is -0.387 e. The second-order valence-corrected chi connectivity index (χ2v) is 7.46. The van der Waals surface area contributed by atoms with Gasteiger partial charge in [0, 0.05) is 0 Å². The number of aryl methyl sites for hydroxylation is 6. The molecule has 0 aliphatic rings. The summed E-state index contributed by atoms with van der Waals surface area (Å²) < 4.78 is 0. The fourth-order valence-electron chi connectivity index (χ4n) is 3.59. The maximum absolute atomic E-state index is 11.0. The molecule has 0 radical (unpaired) electrons. The first-order valence-corrected chi connectivity index (χ1v) is 8.61. The van der Waals surface area contributed by atoms with E-state index in [0.29, 0.717) is 0 Å². The Labute approximate surface area is 142 Å². The van der Waals surface area contributed by atoms with Crippen molar-refractivity contribution in [2.24, 2.45) is 0 Å². The van der Waals surface area contributed by atoms with Gasteiger partial charge in [0.05, 0.1) is 10.9 Å². The van der Waals surface area contributed by atoms with Crippen LogP contribution in [0.25, 0.3) is 0 Å². The number of benzene rings is 2. The van der Waals surface area contributed by atoms with Gasteiger partial charge < -0.3 is 5.11 Å². The summed E-state index contributed by atoms with van der Waals surface area (Å²) >= 11 is 3.75. The molecule has 2 aromatic carbocycles. The van der Waals surface area contributed by atoms with Gasteiger partial charge in [-0.1, -0.05) is 51.3 Å². The van der Waals surface area contributed by atoms with Crippen LogP contribution in [0.4, 0.5) is 0 Å². The van der Waals surface area contributed by atoms with E-state index in [2.05, 4.69) is 81.7 Å². The second-order valence-electron chi connectivity index (χ2n) is 6.47. The standard InChI is InChI=1S/C20H25BrO/c1-11-7-13(3)17(14(4)8-11)19(21)20(22)18-15(5)9-12(2)10-16(18)6/h7-10,19-20,22H,1-6H3. The van der Waals surface area contributed by atoms with Crippen molar-refractivity contribution < 1.29 is 5.11 Å². The summed E-state index contributed by atoms with van der Waals surface area (Å²) in [5, 5.41) is 11.0. The van der Waals surface area contributed by atoms with Crippen molar-refractivity contribution in [2.45, 2.75) is 52.5 Å². The molecule has 2 heteroatoms. The molecule has 0 aromatic heterocycles. The summed E-state index contributed by atoms with van der Waals surface area (Å²) in [5.41, 5.74) is 9.47. The van der Waals surface area contributed by atoms with E-state index in [0.717, 1.165) is 16.7 Å². The van der Waals surface area contributed by atoms with E-state index in [1.54, 1.807) is 0 Å². The zero-order valence-corrected chi connectivity index (χ0v) is 15.9. The lowest BCUT2D eigenvalue weighted by molar-refractivity contribution is 0.175. The van der Waals surface area contributed by atoms with Crippen molar-refractivity contribution in [3.63, 3.8) is 0 Å². The lowest BCUT2D eigenvalue weighted by atomic mass is 9.89. The molecule has 2 unspecified atom stereocenters. The third-order valence-electron chi connectivity index (χ3n) is 4.32. The van der Waals surface area contributed by atoms with E-state index in [-0.39, 0.29) is 4.83 Å². The van der Waals surface area contributed by atoms with Crippen molar-refractivity contribution in [2.75, 3.05) is 0 Å². The molecule has 0 fully saturated rings. The molecule has 2 atom stereocenters. The molecule has 0 amide bonds. The number of hydrogen-bond donors (Lipinski definition) is 1. The van der Waals surface area contributed by atoms with Crippen LogP contribution < -0.4 is 0 Å². The first-order chi connectivity index (χ1) is 10.2. The predicted octanol–water partition coefficient (Wildman–Crippen LogP) is 5.71. The van der Waals surface area contributed by atoms with Crippen LogP contribution in [0.2, 0.25) is 0 Å². The normalized spacial score (nSPS) is 14.0. The van der Waals surface area contributed by atoms with Crippen LogP contribution in [0.3, 0.4) is 0 Å². The van der Waals surface area contributed by atoms with E-state index >= 15 is 0 Å². The number of rotatable bonds is 3. The highest BCUT2D eigenvalue weighted by atomic mass is 79.9. The third kappa shape index (κ3) is 3.28. The molecule has 0 spiro atoms. The van der Waals surface area contributed by atoms with Crippen molar-refractivity contribution >= 4 is 15.9 Å². The molecular formula is C20H25BrO. The molecule has 118 valence electrons. The van der Waals surface area contributed by atoms with Crippen LogP contribution in [0.5, 0.6) is 0 Å². The zero-order chi connectivity index (χ0) is 16.6. The molecule has 2 rings (SSSR count). The van der Waals surface area contributed by atoms with Crippen LogP contribution in [0.15, 0.2) is 24.3 Å². The van der Waals surface area contributed by atoms with E-state index < -0.39 is 6.10 Å². The highest BCUT2D eigenvalue weighted by molar-refractivity contribution is 9.09. The summed E-state index contributed by atoms with van der Waals surface area (Å²) in [7, 11) is 0. The molecule has 1 N–H and O–H groups in total. The van der Waals surface area contributed by atoms with E-state index in [1.807, 2.05) is 0 Å². The van der Waals surface area contributed by atoms with Gasteiger partial charge in [0.2, 0.25) is 0 Å². The van der Waals surface area contributed by atoms with Gasteiger partial charge in [-0.15, -0.1) is 0 Å². The highest BCUT2D eigenvalue weighted by Crippen LogP contribution is 2.41. The summed E-state index contributed by atoms with van der Waals surface area (Å²) in [4.78, 5) is -0.104. The zero-order valence-electron chi connectivity index (χ0n) is 14.3. The Bertz CT molecular complexity index is 595. The van der Waals surface area contributed by atoms with Gasteiger partial charge in [0.15, 0.2) is 0 Å². The van der Waals surface area contributed by atoms with E-state index in [9.17, 15) is 5.11 Å².